The third kappa shape index (κ3) is 7.17. The number of hydrogen-bond donors (Lipinski definition) is 2. The largest absolute Gasteiger partial charge is 0.492 e. The number of hydrogen-bond acceptors (Lipinski definition) is 4. The summed E-state index contributed by atoms with van der Waals surface area (Å²) in [5, 5.41) is 6.50. The number of guanidine groups is 1. The number of para-hydroxylation sites is 1. The van der Waals surface area contributed by atoms with Crippen LogP contribution in [0, 0.1) is 6.92 Å². The van der Waals surface area contributed by atoms with Gasteiger partial charge in [0.2, 0.25) is 0 Å². The molecule has 1 aromatic carbocycles. The Morgan fingerprint density at radius 1 is 1.26 bits per heavy atom. The Morgan fingerprint density at radius 3 is 2.70 bits per heavy atom. The van der Waals surface area contributed by atoms with E-state index in [1.807, 2.05) is 42.8 Å². The van der Waals surface area contributed by atoms with Crippen LogP contribution in [0.25, 0.3) is 0 Å². The van der Waals surface area contributed by atoms with Crippen LogP contribution in [0.5, 0.6) is 5.75 Å². The number of rotatable bonds is 7. The third-order valence-electron chi connectivity index (χ3n) is 2.98. The Bertz CT molecular complexity index is 589. The standard InChI is InChI=1S/C16H22N4OS.HI/c1-3-17-16(19-11-15-13(2)20-12-22-15)18-9-10-21-14-7-5-4-6-8-14;/h4-8,12H,3,9-11H2,1-2H3,(H2,17,18,19);1H. The van der Waals surface area contributed by atoms with Crippen LogP contribution < -0.4 is 15.4 Å². The Morgan fingerprint density at radius 2 is 2.04 bits per heavy atom. The number of thiazole rings is 1. The zero-order chi connectivity index (χ0) is 15.6. The molecule has 0 unspecified atom stereocenters. The van der Waals surface area contributed by atoms with Crippen molar-refractivity contribution in [1.82, 2.24) is 15.6 Å². The van der Waals surface area contributed by atoms with E-state index >= 15 is 0 Å². The van der Waals surface area contributed by atoms with E-state index in [-0.39, 0.29) is 24.0 Å². The number of benzene rings is 1. The van der Waals surface area contributed by atoms with Gasteiger partial charge >= 0.3 is 0 Å². The fourth-order valence-electron chi connectivity index (χ4n) is 1.83. The number of aliphatic imine (C=N–C) groups is 1. The Labute approximate surface area is 158 Å². The topological polar surface area (TPSA) is 58.5 Å². The highest BCUT2D eigenvalue weighted by Crippen LogP contribution is 2.12. The molecule has 0 aliphatic carbocycles. The lowest BCUT2D eigenvalue weighted by Gasteiger charge is -2.12. The first-order chi connectivity index (χ1) is 10.8. The Balaban J connectivity index is 0.00000264. The lowest BCUT2D eigenvalue weighted by Crippen LogP contribution is -2.39. The van der Waals surface area contributed by atoms with Crippen LogP contribution in [0.1, 0.15) is 17.5 Å². The van der Waals surface area contributed by atoms with E-state index in [4.69, 9.17) is 4.74 Å². The molecular weight excluding hydrogens is 423 g/mol. The van der Waals surface area contributed by atoms with E-state index in [1.165, 1.54) is 4.88 Å². The van der Waals surface area contributed by atoms with Crippen molar-refractivity contribution >= 4 is 41.3 Å². The summed E-state index contributed by atoms with van der Waals surface area (Å²) < 4.78 is 5.65. The predicted octanol–water partition coefficient (Wildman–Crippen LogP) is 3.20. The monoisotopic (exact) mass is 446 g/mol. The molecule has 0 atom stereocenters. The molecule has 0 saturated carbocycles. The van der Waals surface area contributed by atoms with Crippen LogP contribution >= 0.6 is 35.3 Å². The van der Waals surface area contributed by atoms with Gasteiger partial charge in [-0.2, -0.15) is 0 Å². The van der Waals surface area contributed by atoms with Crippen LogP contribution in [0.15, 0.2) is 40.8 Å². The number of halogens is 1. The number of aryl methyl sites for hydroxylation is 1. The van der Waals surface area contributed by atoms with Gasteiger partial charge in [-0.25, -0.2) is 9.98 Å². The molecule has 1 aromatic heterocycles. The van der Waals surface area contributed by atoms with Gasteiger partial charge in [-0.05, 0) is 26.0 Å². The first kappa shape index (κ1) is 19.7. The highest BCUT2D eigenvalue weighted by atomic mass is 127. The van der Waals surface area contributed by atoms with Crippen molar-refractivity contribution in [2.24, 2.45) is 4.99 Å². The van der Waals surface area contributed by atoms with Crippen molar-refractivity contribution in [1.29, 1.82) is 0 Å². The highest BCUT2D eigenvalue weighted by Gasteiger charge is 2.02. The molecule has 1 heterocycles. The molecule has 7 heteroatoms. The summed E-state index contributed by atoms with van der Waals surface area (Å²) in [6.07, 6.45) is 0. The molecule has 0 aliphatic heterocycles. The van der Waals surface area contributed by atoms with E-state index in [0.29, 0.717) is 19.7 Å². The molecule has 0 radical (unpaired) electrons. The summed E-state index contributed by atoms with van der Waals surface area (Å²) in [4.78, 5) is 10.0. The zero-order valence-electron chi connectivity index (χ0n) is 13.4. The fourth-order valence-corrected chi connectivity index (χ4v) is 2.53. The van der Waals surface area contributed by atoms with Gasteiger partial charge in [-0.1, -0.05) is 18.2 Å². The second-order valence-corrected chi connectivity index (χ2v) is 5.58. The van der Waals surface area contributed by atoms with Crippen molar-refractivity contribution in [3.05, 3.63) is 46.4 Å². The van der Waals surface area contributed by atoms with E-state index in [9.17, 15) is 0 Å². The average Bonchev–Trinajstić information content (AvgIpc) is 2.95. The number of nitrogens with zero attached hydrogens (tertiary/aromatic N) is 2. The molecule has 23 heavy (non-hydrogen) atoms. The van der Waals surface area contributed by atoms with Crippen LogP contribution in [-0.4, -0.2) is 30.6 Å². The van der Waals surface area contributed by atoms with Gasteiger partial charge in [0.25, 0.3) is 0 Å². The second-order valence-electron chi connectivity index (χ2n) is 4.64. The van der Waals surface area contributed by atoms with Gasteiger partial charge < -0.3 is 15.4 Å². The van der Waals surface area contributed by atoms with Crippen molar-refractivity contribution in [2.75, 3.05) is 19.7 Å². The maximum Gasteiger partial charge on any atom is 0.191 e. The van der Waals surface area contributed by atoms with E-state index in [2.05, 4.69) is 27.5 Å². The first-order valence-electron chi connectivity index (χ1n) is 7.38. The lowest BCUT2D eigenvalue weighted by molar-refractivity contribution is 0.322. The summed E-state index contributed by atoms with van der Waals surface area (Å²) in [5.41, 5.74) is 2.91. The zero-order valence-corrected chi connectivity index (χ0v) is 16.6. The van der Waals surface area contributed by atoms with Gasteiger partial charge in [0.05, 0.1) is 24.3 Å². The summed E-state index contributed by atoms with van der Waals surface area (Å²) in [6.45, 7) is 6.82. The number of aromatic nitrogens is 1. The highest BCUT2D eigenvalue weighted by molar-refractivity contribution is 14.0. The maximum atomic E-state index is 5.65. The predicted molar refractivity (Wildman–Crippen MR) is 107 cm³/mol. The minimum Gasteiger partial charge on any atom is -0.492 e. The van der Waals surface area contributed by atoms with Gasteiger partial charge in [-0.15, -0.1) is 35.3 Å². The van der Waals surface area contributed by atoms with Gasteiger partial charge in [-0.3, -0.25) is 0 Å². The van der Waals surface area contributed by atoms with Crippen LogP contribution in [0.2, 0.25) is 0 Å². The van der Waals surface area contributed by atoms with E-state index in [1.54, 1.807) is 11.3 Å². The molecule has 0 saturated heterocycles. The van der Waals surface area contributed by atoms with Gasteiger partial charge in [0.1, 0.15) is 12.4 Å². The molecule has 2 aromatic rings. The molecule has 0 bridgehead atoms. The van der Waals surface area contributed by atoms with E-state index < -0.39 is 0 Å². The maximum absolute atomic E-state index is 5.65. The van der Waals surface area contributed by atoms with Crippen LogP contribution in [-0.2, 0) is 6.54 Å². The van der Waals surface area contributed by atoms with Crippen molar-refractivity contribution in [3.63, 3.8) is 0 Å². The third-order valence-corrected chi connectivity index (χ3v) is 3.90. The molecular formula is C16H23IN4OS. The first-order valence-corrected chi connectivity index (χ1v) is 8.26. The second kappa shape index (κ2) is 11.2. The van der Waals surface area contributed by atoms with Crippen molar-refractivity contribution < 1.29 is 4.74 Å². The molecule has 0 fully saturated rings. The minimum atomic E-state index is 0. The normalized spacial score (nSPS) is 10.8. The lowest BCUT2D eigenvalue weighted by atomic mass is 10.3. The SMILES string of the molecule is CCNC(=NCc1scnc1C)NCCOc1ccccc1.I. The summed E-state index contributed by atoms with van der Waals surface area (Å²) in [7, 11) is 0. The fraction of sp³-hybridized carbons (Fsp3) is 0.375. The van der Waals surface area contributed by atoms with Gasteiger partial charge in [0, 0.05) is 11.4 Å². The van der Waals surface area contributed by atoms with Crippen molar-refractivity contribution in [3.8, 4) is 5.75 Å². The number of nitrogens with one attached hydrogen (secondary N) is 2. The molecule has 0 amide bonds. The molecule has 0 aliphatic rings. The molecule has 2 N–H and O–H groups in total. The summed E-state index contributed by atoms with van der Waals surface area (Å²) in [5.74, 6) is 1.68. The van der Waals surface area contributed by atoms with Crippen LogP contribution in [0.3, 0.4) is 0 Å². The quantitative estimate of drug-likeness (QED) is 0.297. The Hall–Kier alpha value is -1.35. The average molecular weight is 446 g/mol. The smallest absolute Gasteiger partial charge is 0.191 e. The summed E-state index contributed by atoms with van der Waals surface area (Å²) >= 11 is 1.64. The minimum absolute atomic E-state index is 0. The molecule has 0 spiro atoms. The molecule has 2 rings (SSSR count). The molecule has 5 nitrogen and oxygen atoms in total. The molecule has 126 valence electrons. The van der Waals surface area contributed by atoms with Crippen molar-refractivity contribution in [2.45, 2.75) is 20.4 Å². The van der Waals surface area contributed by atoms with Crippen LogP contribution in [0.4, 0.5) is 0 Å². The summed E-state index contributed by atoms with van der Waals surface area (Å²) in [6, 6.07) is 9.80. The van der Waals surface area contributed by atoms with Gasteiger partial charge in [0.15, 0.2) is 5.96 Å². The van der Waals surface area contributed by atoms with E-state index in [0.717, 1.165) is 23.9 Å². The Kier molecular flexibility index (Phi) is 9.61. The number of ether oxygens (including phenoxy) is 1.